The molecular weight excluding hydrogens is 226 g/mol. The molecule has 0 saturated heterocycles. The van der Waals surface area contributed by atoms with Crippen molar-refractivity contribution in [3.05, 3.63) is 35.5 Å². The first-order valence-corrected chi connectivity index (χ1v) is 5.43. The maximum absolute atomic E-state index is 5.27. The number of hydrogen-bond donors (Lipinski definition) is 0. The van der Waals surface area contributed by atoms with Crippen LogP contribution in [0.5, 0.6) is 0 Å². The molecule has 0 amide bonds. The second-order valence-corrected chi connectivity index (χ2v) is 4.12. The molecule has 0 N–H and O–H groups in total. The van der Waals surface area contributed by atoms with Gasteiger partial charge in [0.15, 0.2) is 0 Å². The summed E-state index contributed by atoms with van der Waals surface area (Å²) in [6.45, 7) is 2.12. The Bertz CT molecular complexity index is 489. The number of benzene rings is 1. The van der Waals surface area contributed by atoms with Crippen molar-refractivity contribution in [1.29, 1.82) is 0 Å². The van der Waals surface area contributed by atoms with Gasteiger partial charge in [0.2, 0.25) is 0 Å². The Kier molecular flexibility index (Phi) is 2.79. The minimum atomic E-state index is 0.839. The predicted octanol–water partition coefficient (Wildman–Crippen LogP) is 2.16. The van der Waals surface area contributed by atoms with Gasteiger partial charge in [-0.25, -0.2) is 0 Å². The molecule has 2 aromatic rings. The summed E-state index contributed by atoms with van der Waals surface area (Å²) in [6.07, 6.45) is 0. The van der Waals surface area contributed by atoms with Crippen LogP contribution in [0, 0.1) is 6.92 Å². The van der Waals surface area contributed by atoms with Crippen molar-refractivity contribution in [2.75, 3.05) is 7.11 Å². The number of ether oxygens (including phenoxy) is 1. The van der Waals surface area contributed by atoms with E-state index in [1.807, 2.05) is 0 Å². The Labute approximate surface area is 97.4 Å². The van der Waals surface area contributed by atoms with E-state index in [1.165, 1.54) is 16.5 Å². The van der Waals surface area contributed by atoms with Crippen LogP contribution in [0.3, 0.4) is 0 Å². The second-order valence-electron chi connectivity index (χ2n) is 3.54. The Balaban J connectivity index is 2.81. The Morgan fingerprint density at radius 3 is 2.60 bits per heavy atom. The molecule has 1 aromatic carbocycles. The van der Waals surface area contributed by atoms with E-state index in [0.29, 0.717) is 0 Å². The van der Waals surface area contributed by atoms with Crippen LogP contribution in [0.25, 0.3) is 10.9 Å². The van der Waals surface area contributed by atoms with Gasteiger partial charge in [-0.15, -0.1) is 0 Å². The summed E-state index contributed by atoms with van der Waals surface area (Å²) in [5.41, 5.74) is 3.61. The van der Waals surface area contributed by atoms with E-state index in [9.17, 15) is 0 Å². The zero-order chi connectivity index (χ0) is 11.0. The first-order chi connectivity index (χ1) is 7.16. The molecule has 78 valence electrons. The number of aryl methyl sites for hydroxylation is 2. The fraction of sp³-hybridized carbons (Fsp3) is 0.250. The van der Waals surface area contributed by atoms with Crippen LogP contribution < -0.4 is 0 Å². The number of nitrogens with zero attached hydrogens (tertiary/aromatic N) is 1. The third-order valence-electron chi connectivity index (χ3n) is 2.74. The van der Waals surface area contributed by atoms with Gasteiger partial charge in [-0.3, -0.25) is 0 Å². The summed E-state index contributed by atoms with van der Waals surface area (Å²) in [6, 6.07) is 8.37. The standard InChI is InChI=1S/C12H13NO.Cr/c1-9-10-6-4-5-7-11(10)13(2)12(9)8-14-3;/h4-7H,1-3H3;. The molecule has 0 aliphatic rings. The topological polar surface area (TPSA) is 14.2 Å². The number of para-hydroxylation sites is 1. The molecule has 0 spiro atoms. The molecule has 1 heterocycles. The van der Waals surface area contributed by atoms with Gasteiger partial charge < -0.3 is 0 Å². The first kappa shape index (κ1) is 10.6. The quantitative estimate of drug-likeness (QED) is 0.783. The maximum atomic E-state index is 5.27. The van der Waals surface area contributed by atoms with Crippen molar-refractivity contribution in [2.24, 2.45) is 7.05 Å². The van der Waals surface area contributed by atoms with Crippen molar-refractivity contribution in [1.82, 2.24) is 4.57 Å². The molecule has 0 bridgehead atoms. The zero-order valence-electron chi connectivity index (χ0n) is 9.07. The fourth-order valence-corrected chi connectivity index (χ4v) is 2.42. The average Bonchev–Trinajstić information content (AvgIpc) is 2.52. The van der Waals surface area contributed by atoms with Gasteiger partial charge in [0.25, 0.3) is 0 Å². The van der Waals surface area contributed by atoms with Gasteiger partial charge in [-0.05, 0) is 0 Å². The average molecular weight is 239 g/mol. The van der Waals surface area contributed by atoms with Gasteiger partial charge in [-0.1, -0.05) is 0 Å². The third kappa shape index (κ3) is 1.57. The van der Waals surface area contributed by atoms with Gasteiger partial charge in [0, 0.05) is 0 Å². The summed E-state index contributed by atoms with van der Waals surface area (Å²) in [5, 5.41) is 1.28. The zero-order valence-corrected chi connectivity index (χ0v) is 10.3. The monoisotopic (exact) mass is 239 g/mol. The number of fused-ring (bicyclic) bond motifs is 1. The number of aromatic nitrogens is 1. The molecule has 0 aliphatic heterocycles. The molecule has 0 saturated carbocycles. The van der Waals surface area contributed by atoms with Crippen LogP contribution in [-0.2, 0) is 27.6 Å². The second kappa shape index (κ2) is 3.94. The van der Waals surface area contributed by atoms with Gasteiger partial charge in [-0.2, -0.15) is 0 Å². The predicted molar refractivity (Wildman–Crippen MR) is 58.8 cm³/mol. The molecular formula is C12H13CrNO. The molecule has 2 nitrogen and oxygen atoms in total. The molecule has 15 heavy (non-hydrogen) atoms. The van der Waals surface area contributed by atoms with Crippen LogP contribution in [0.15, 0.2) is 24.3 Å². The molecule has 1 aromatic heterocycles. The van der Waals surface area contributed by atoms with E-state index in [-0.39, 0.29) is 0 Å². The molecule has 2 rings (SSSR count). The van der Waals surface area contributed by atoms with E-state index < -0.39 is 0 Å². The van der Waals surface area contributed by atoms with E-state index in [1.54, 1.807) is 7.11 Å². The minimum absolute atomic E-state index is 0.839. The van der Waals surface area contributed by atoms with Crippen molar-refractivity contribution < 1.29 is 20.6 Å². The third-order valence-corrected chi connectivity index (χ3v) is 3.30. The van der Waals surface area contributed by atoms with E-state index >= 15 is 0 Å². The van der Waals surface area contributed by atoms with Crippen molar-refractivity contribution in [3.63, 3.8) is 0 Å². The van der Waals surface area contributed by atoms with Crippen LogP contribution in [-0.4, -0.2) is 16.2 Å². The molecule has 0 unspecified atom stereocenters. The number of rotatable bonds is 2. The van der Waals surface area contributed by atoms with Crippen LogP contribution in [0.2, 0.25) is 0 Å². The van der Waals surface area contributed by atoms with Crippen LogP contribution in [0.4, 0.5) is 0 Å². The van der Waals surface area contributed by atoms with Gasteiger partial charge in [0.05, 0.1) is 0 Å². The van der Waals surface area contributed by atoms with E-state index in [4.69, 9.17) is 4.74 Å². The fourth-order valence-electron chi connectivity index (χ4n) is 1.97. The van der Waals surface area contributed by atoms with Crippen molar-refractivity contribution >= 4 is 15.5 Å². The van der Waals surface area contributed by atoms with Gasteiger partial charge in [0.1, 0.15) is 0 Å². The Hall–Kier alpha value is -0.878. The van der Waals surface area contributed by atoms with E-state index in [2.05, 4.69) is 58.7 Å². The Morgan fingerprint density at radius 1 is 1.33 bits per heavy atom. The van der Waals surface area contributed by atoms with Crippen molar-refractivity contribution in [3.8, 4) is 0 Å². The van der Waals surface area contributed by atoms with Gasteiger partial charge >= 0.3 is 97.2 Å². The van der Waals surface area contributed by atoms with E-state index in [0.717, 1.165) is 10.3 Å². The molecule has 0 atom stereocenters. The number of hydrogen-bond acceptors (Lipinski definition) is 1. The summed E-state index contributed by atoms with van der Waals surface area (Å²) >= 11 is 2.96. The van der Waals surface area contributed by atoms with Crippen LogP contribution in [0.1, 0.15) is 11.3 Å². The number of methoxy groups -OCH3 is 1. The van der Waals surface area contributed by atoms with Crippen molar-refractivity contribution in [2.45, 2.75) is 6.92 Å². The summed E-state index contributed by atoms with van der Waals surface area (Å²) in [4.78, 5) is 0. The first-order valence-electron chi connectivity index (χ1n) is 4.79. The molecule has 0 radical (unpaired) electrons. The SMILES string of the molecule is CO[C](=[Cr])c1c(C)c2ccccc2n1C. The molecule has 3 heteroatoms. The van der Waals surface area contributed by atoms with Crippen LogP contribution >= 0.6 is 0 Å². The summed E-state index contributed by atoms with van der Waals surface area (Å²) in [7, 11) is 3.74. The normalized spacial score (nSPS) is 10.9. The Morgan fingerprint density at radius 2 is 2.00 bits per heavy atom. The summed E-state index contributed by atoms with van der Waals surface area (Å²) in [5.74, 6) is 0. The molecule has 0 aliphatic carbocycles. The molecule has 0 fully saturated rings. The summed E-state index contributed by atoms with van der Waals surface area (Å²) < 4.78 is 8.26.